The molecule has 32 heavy (non-hydrogen) atoms. The molecule has 0 saturated heterocycles. The molecule has 0 atom stereocenters. The molecular weight excluding hydrogens is 444 g/mol. The Bertz CT molecular complexity index is 1370. The van der Waals surface area contributed by atoms with Crippen LogP contribution >= 0.6 is 0 Å². The number of fused-ring (bicyclic) bond motifs is 1. The van der Waals surface area contributed by atoms with E-state index in [-0.39, 0.29) is 21.2 Å². The van der Waals surface area contributed by atoms with E-state index in [4.69, 9.17) is 0 Å². The van der Waals surface area contributed by atoms with Gasteiger partial charge in [0.1, 0.15) is 0 Å². The van der Waals surface area contributed by atoms with Gasteiger partial charge in [0.05, 0.1) is 21.2 Å². The molecule has 0 aliphatic heterocycles. The number of benzene rings is 3. The van der Waals surface area contributed by atoms with Crippen molar-refractivity contribution in [1.29, 1.82) is 0 Å². The van der Waals surface area contributed by atoms with Crippen LogP contribution in [0.5, 0.6) is 0 Å². The van der Waals surface area contributed by atoms with Gasteiger partial charge in [-0.2, -0.15) is 25.6 Å². The van der Waals surface area contributed by atoms with Crippen molar-refractivity contribution in [2.24, 2.45) is 8.80 Å². The van der Waals surface area contributed by atoms with Crippen LogP contribution in [-0.4, -0.2) is 28.3 Å². The van der Waals surface area contributed by atoms with Gasteiger partial charge in [0.25, 0.3) is 20.0 Å². The van der Waals surface area contributed by atoms with Crippen molar-refractivity contribution in [3.05, 3.63) is 107 Å². The second-order valence-corrected chi connectivity index (χ2v) is 10.6. The van der Waals surface area contributed by atoms with Gasteiger partial charge in [-0.25, -0.2) is 0 Å². The van der Waals surface area contributed by atoms with Gasteiger partial charge < -0.3 is 0 Å². The molecule has 0 fully saturated rings. The van der Waals surface area contributed by atoms with Crippen molar-refractivity contribution >= 4 is 31.5 Å². The van der Waals surface area contributed by atoms with Crippen LogP contribution in [0.2, 0.25) is 0 Å². The first-order valence-electron chi connectivity index (χ1n) is 9.77. The van der Waals surface area contributed by atoms with Crippen LogP contribution < -0.4 is 0 Å². The lowest BCUT2D eigenvalue weighted by molar-refractivity contribution is 0.596. The molecule has 0 N–H and O–H groups in total. The van der Waals surface area contributed by atoms with Crippen LogP contribution in [0.15, 0.2) is 104 Å². The lowest BCUT2D eigenvalue weighted by atomic mass is 9.94. The predicted molar refractivity (Wildman–Crippen MR) is 125 cm³/mol. The van der Waals surface area contributed by atoms with Crippen molar-refractivity contribution in [3.8, 4) is 0 Å². The van der Waals surface area contributed by atoms with Crippen molar-refractivity contribution < 1.29 is 16.8 Å². The average molecular weight is 465 g/mol. The third-order valence-corrected chi connectivity index (χ3v) is 7.56. The zero-order valence-corrected chi connectivity index (χ0v) is 19.1. The average Bonchev–Trinajstić information content (AvgIpc) is 2.76. The van der Waals surface area contributed by atoms with Gasteiger partial charge in [-0.1, -0.05) is 59.7 Å². The van der Waals surface area contributed by atoms with Crippen LogP contribution in [0.1, 0.15) is 22.3 Å². The lowest BCUT2D eigenvalue weighted by Gasteiger charge is -2.15. The summed E-state index contributed by atoms with van der Waals surface area (Å²) in [5, 5.41) is 0. The van der Waals surface area contributed by atoms with E-state index in [0.29, 0.717) is 11.1 Å². The fourth-order valence-electron chi connectivity index (χ4n) is 3.21. The van der Waals surface area contributed by atoms with E-state index in [1.165, 1.54) is 36.4 Å². The number of hydrogen-bond donors (Lipinski definition) is 0. The topological polar surface area (TPSA) is 93.0 Å². The molecule has 0 heterocycles. The molecule has 1 aliphatic carbocycles. The van der Waals surface area contributed by atoms with Crippen molar-refractivity contribution in [3.63, 3.8) is 0 Å². The van der Waals surface area contributed by atoms with Gasteiger partial charge in [0, 0.05) is 11.1 Å². The smallest absolute Gasteiger partial charge is 0.199 e. The Kier molecular flexibility index (Phi) is 5.66. The summed E-state index contributed by atoms with van der Waals surface area (Å²) in [4.78, 5) is 0.172. The quantitative estimate of drug-likeness (QED) is 0.578. The highest BCUT2D eigenvalue weighted by Crippen LogP contribution is 2.23. The fourth-order valence-corrected chi connectivity index (χ4v) is 5.22. The first kappa shape index (κ1) is 21.9. The zero-order valence-electron chi connectivity index (χ0n) is 17.4. The number of aryl methyl sites for hydroxylation is 2. The minimum absolute atomic E-state index is 0.0860. The summed E-state index contributed by atoms with van der Waals surface area (Å²) < 4.78 is 59.2. The Morgan fingerprint density at radius 3 is 1.22 bits per heavy atom. The molecule has 0 unspecified atom stereocenters. The van der Waals surface area contributed by atoms with Gasteiger partial charge >= 0.3 is 0 Å². The summed E-state index contributed by atoms with van der Waals surface area (Å²) >= 11 is 0. The second kappa shape index (κ2) is 8.29. The SMILES string of the molecule is Cc1ccc(S(=O)(=O)/N=C2C=C/C(=N\S(=O)(=O)c3ccc(C)cc3)c3ccccc3\2)cc1. The van der Waals surface area contributed by atoms with E-state index in [1.807, 2.05) is 13.8 Å². The maximum atomic E-state index is 12.8. The van der Waals surface area contributed by atoms with E-state index < -0.39 is 20.0 Å². The summed E-state index contributed by atoms with van der Waals surface area (Å²) in [6, 6.07) is 19.7. The van der Waals surface area contributed by atoms with Crippen LogP contribution in [-0.2, 0) is 20.0 Å². The van der Waals surface area contributed by atoms with Gasteiger partial charge in [-0.05, 0) is 50.3 Å². The van der Waals surface area contributed by atoms with Gasteiger partial charge in [-0.3, -0.25) is 0 Å². The summed E-state index contributed by atoms with van der Waals surface area (Å²) in [5.41, 5.74) is 3.29. The normalized spacial score (nSPS) is 16.3. The molecule has 6 nitrogen and oxygen atoms in total. The first-order chi connectivity index (χ1) is 15.2. The molecule has 0 aromatic heterocycles. The fraction of sp³-hybridized carbons (Fsp3) is 0.0833. The van der Waals surface area contributed by atoms with Crippen molar-refractivity contribution in [1.82, 2.24) is 0 Å². The highest BCUT2D eigenvalue weighted by molar-refractivity contribution is 7.90. The lowest BCUT2D eigenvalue weighted by Crippen LogP contribution is -2.16. The number of rotatable bonds is 4. The zero-order chi connectivity index (χ0) is 22.9. The monoisotopic (exact) mass is 464 g/mol. The molecule has 162 valence electrons. The maximum Gasteiger partial charge on any atom is 0.282 e. The third-order valence-electron chi connectivity index (χ3n) is 4.95. The van der Waals surface area contributed by atoms with Crippen LogP contribution in [0.3, 0.4) is 0 Å². The van der Waals surface area contributed by atoms with Gasteiger partial charge in [0.2, 0.25) is 0 Å². The standard InChI is InChI=1S/C24H20N2O4S2/c1-17-7-11-19(12-8-17)31(27,28)25-23-15-16-24(22-6-4-3-5-21(22)23)26-32(29,30)20-13-9-18(2)10-14-20/h3-16H,1-2H3/b25-23+,26-24+. The van der Waals surface area contributed by atoms with Gasteiger partial charge in [0.15, 0.2) is 0 Å². The van der Waals surface area contributed by atoms with Crippen molar-refractivity contribution in [2.45, 2.75) is 23.6 Å². The summed E-state index contributed by atoms with van der Waals surface area (Å²) in [6.07, 6.45) is 2.94. The maximum absolute atomic E-state index is 12.8. The first-order valence-corrected chi connectivity index (χ1v) is 12.6. The predicted octanol–water partition coefficient (Wildman–Crippen LogP) is 4.23. The third kappa shape index (κ3) is 4.46. The van der Waals surface area contributed by atoms with E-state index in [9.17, 15) is 16.8 Å². The number of hydrogen-bond acceptors (Lipinski definition) is 4. The minimum atomic E-state index is -3.94. The van der Waals surface area contributed by atoms with E-state index in [2.05, 4.69) is 8.80 Å². The Balaban J connectivity index is 1.78. The van der Waals surface area contributed by atoms with E-state index in [0.717, 1.165) is 11.1 Å². The summed E-state index contributed by atoms with van der Waals surface area (Å²) in [6.45, 7) is 3.74. The Labute approximate surface area is 187 Å². The second-order valence-electron chi connectivity index (χ2n) is 7.41. The van der Waals surface area contributed by atoms with Gasteiger partial charge in [-0.15, -0.1) is 0 Å². The number of nitrogens with zero attached hydrogens (tertiary/aromatic N) is 2. The molecule has 8 heteroatoms. The molecule has 3 aromatic carbocycles. The molecule has 0 bridgehead atoms. The highest BCUT2D eigenvalue weighted by Gasteiger charge is 2.22. The Morgan fingerprint density at radius 2 is 0.875 bits per heavy atom. The molecule has 0 amide bonds. The Morgan fingerprint density at radius 1 is 0.531 bits per heavy atom. The number of sulfonamides is 2. The van der Waals surface area contributed by atoms with Crippen LogP contribution in [0, 0.1) is 13.8 Å². The van der Waals surface area contributed by atoms with E-state index in [1.54, 1.807) is 48.5 Å². The van der Waals surface area contributed by atoms with Crippen LogP contribution in [0.25, 0.3) is 0 Å². The summed E-state index contributed by atoms with van der Waals surface area (Å²) in [5.74, 6) is 0. The van der Waals surface area contributed by atoms with Crippen LogP contribution in [0.4, 0.5) is 0 Å². The molecular formula is C24H20N2O4S2. The molecule has 4 rings (SSSR count). The molecule has 0 saturated carbocycles. The molecule has 3 aromatic rings. The molecule has 1 aliphatic rings. The Hall–Kier alpha value is -3.36. The molecule has 0 spiro atoms. The van der Waals surface area contributed by atoms with Crippen molar-refractivity contribution in [2.75, 3.05) is 0 Å². The minimum Gasteiger partial charge on any atom is -0.199 e. The summed E-state index contributed by atoms with van der Waals surface area (Å²) in [7, 11) is -7.88. The number of allylic oxidation sites excluding steroid dienone is 2. The van der Waals surface area contributed by atoms with E-state index >= 15 is 0 Å². The molecule has 0 radical (unpaired) electrons. The largest absolute Gasteiger partial charge is 0.282 e. The highest BCUT2D eigenvalue weighted by atomic mass is 32.2.